The Morgan fingerprint density at radius 2 is 2.12 bits per heavy atom. The predicted octanol–water partition coefficient (Wildman–Crippen LogP) is 1.94. The van der Waals surface area contributed by atoms with Gasteiger partial charge in [0.2, 0.25) is 10.0 Å². The second kappa shape index (κ2) is 7.98. The number of fused-ring (bicyclic) bond motifs is 1. The van der Waals surface area contributed by atoms with E-state index in [1.54, 1.807) is 25.1 Å². The van der Waals surface area contributed by atoms with Gasteiger partial charge in [-0.2, -0.15) is 0 Å². The molecule has 0 radical (unpaired) electrons. The Kier molecular flexibility index (Phi) is 6.23. The van der Waals surface area contributed by atoms with Crippen molar-refractivity contribution in [2.45, 2.75) is 39.7 Å². The van der Waals surface area contributed by atoms with Crippen molar-refractivity contribution < 1.29 is 17.9 Å². The molecule has 1 atom stereocenters. The van der Waals surface area contributed by atoms with Gasteiger partial charge in [-0.05, 0) is 57.4 Å². The van der Waals surface area contributed by atoms with Gasteiger partial charge >= 0.3 is 0 Å². The van der Waals surface area contributed by atoms with Gasteiger partial charge in [0.15, 0.2) is 0 Å². The van der Waals surface area contributed by atoms with Crippen LogP contribution in [0.4, 0.5) is 5.69 Å². The van der Waals surface area contributed by atoms with Crippen molar-refractivity contribution in [3.05, 3.63) is 29.3 Å². The Morgan fingerprint density at radius 3 is 2.79 bits per heavy atom. The van der Waals surface area contributed by atoms with Crippen LogP contribution >= 0.6 is 0 Å². The molecule has 7 heteroatoms. The lowest BCUT2D eigenvalue weighted by Crippen LogP contribution is -2.36. The van der Waals surface area contributed by atoms with Crippen molar-refractivity contribution >= 4 is 21.6 Å². The summed E-state index contributed by atoms with van der Waals surface area (Å²) in [6.45, 7) is 7.33. The normalized spacial score (nSPS) is 17.0. The van der Waals surface area contributed by atoms with Gasteiger partial charge in [0.25, 0.3) is 5.91 Å². The van der Waals surface area contributed by atoms with E-state index in [1.807, 2.05) is 13.8 Å². The quantitative estimate of drug-likeness (QED) is 0.724. The SMILES string of the molecule is CCOCCCNC(=O)c1ccc2c(c1)C[C@@H](C)N2S(=O)(=O)CC. The second-order valence-electron chi connectivity index (χ2n) is 5.90. The van der Waals surface area contributed by atoms with Gasteiger partial charge in [0.1, 0.15) is 0 Å². The van der Waals surface area contributed by atoms with Crippen molar-refractivity contribution in [2.75, 3.05) is 29.8 Å². The first kappa shape index (κ1) is 18.7. The minimum absolute atomic E-state index is 0.0683. The molecule has 1 heterocycles. The highest BCUT2D eigenvalue weighted by Gasteiger charge is 2.34. The van der Waals surface area contributed by atoms with Crippen molar-refractivity contribution in [1.29, 1.82) is 0 Å². The number of rotatable bonds is 8. The minimum Gasteiger partial charge on any atom is -0.382 e. The predicted molar refractivity (Wildman–Crippen MR) is 95.0 cm³/mol. The zero-order chi connectivity index (χ0) is 17.7. The molecule has 0 unspecified atom stereocenters. The van der Waals surface area contributed by atoms with Crippen LogP contribution in [0.15, 0.2) is 18.2 Å². The smallest absolute Gasteiger partial charge is 0.251 e. The Labute approximate surface area is 144 Å². The molecule has 1 N–H and O–H groups in total. The summed E-state index contributed by atoms with van der Waals surface area (Å²) in [7, 11) is -3.30. The number of hydrogen-bond donors (Lipinski definition) is 1. The first-order valence-corrected chi connectivity index (χ1v) is 10.0. The van der Waals surface area contributed by atoms with E-state index in [9.17, 15) is 13.2 Å². The summed E-state index contributed by atoms with van der Waals surface area (Å²) >= 11 is 0. The van der Waals surface area contributed by atoms with Gasteiger partial charge in [-0.1, -0.05) is 0 Å². The van der Waals surface area contributed by atoms with E-state index in [0.717, 1.165) is 12.0 Å². The molecule has 134 valence electrons. The van der Waals surface area contributed by atoms with Crippen LogP contribution in [0.3, 0.4) is 0 Å². The summed E-state index contributed by atoms with van der Waals surface area (Å²) in [6.07, 6.45) is 1.39. The molecule has 6 nitrogen and oxygen atoms in total. The zero-order valence-electron chi connectivity index (χ0n) is 14.5. The lowest BCUT2D eigenvalue weighted by atomic mass is 10.1. The van der Waals surface area contributed by atoms with Gasteiger partial charge in [0, 0.05) is 31.4 Å². The molecule has 0 saturated heterocycles. The monoisotopic (exact) mass is 354 g/mol. The molecular weight excluding hydrogens is 328 g/mol. The largest absolute Gasteiger partial charge is 0.382 e. The number of sulfonamides is 1. The third kappa shape index (κ3) is 4.08. The van der Waals surface area contributed by atoms with Crippen LogP contribution < -0.4 is 9.62 Å². The Morgan fingerprint density at radius 1 is 1.38 bits per heavy atom. The van der Waals surface area contributed by atoms with E-state index in [-0.39, 0.29) is 17.7 Å². The van der Waals surface area contributed by atoms with Crippen molar-refractivity contribution in [1.82, 2.24) is 5.32 Å². The maximum atomic E-state index is 12.3. The summed E-state index contributed by atoms with van der Waals surface area (Å²) in [4.78, 5) is 12.2. The van der Waals surface area contributed by atoms with Gasteiger partial charge in [0.05, 0.1) is 11.4 Å². The number of benzene rings is 1. The average molecular weight is 354 g/mol. The molecule has 0 saturated carbocycles. The molecule has 0 fully saturated rings. The zero-order valence-corrected chi connectivity index (χ0v) is 15.4. The number of carbonyl (C=O) groups excluding carboxylic acids is 1. The molecule has 0 bridgehead atoms. The summed E-state index contributed by atoms with van der Waals surface area (Å²) in [5.74, 6) is -0.0717. The number of hydrogen-bond acceptors (Lipinski definition) is 4. The standard InChI is InChI=1S/C17H26N2O4S/c1-4-23-10-6-9-18-17(20)14-7-8-16-15(12-14)11-13(3)19(16)24(21,22)5-2/h7-8,12-13H,4-6,9-11H2,1-3H3,(H,18,20)/t13-/m1/s1. The van der Waals surface area contributed by atoms with Crippen LogP contribution in [0.1, 0.15) is 43.1 Å². The van der Waals surface area contributed by atoms with Crippen LogP contribution in [0, 0.1) is 0 Å². The average Bonchev–Trinajstić information content (AvgIpc) is 2.89. The Bertz CT molecular complexity index is 688. The van der Waals surface area contributed by atoms with Crippen LogP contribution in [-0.4, -0.2) is 45.9 Å². The summed E-state index contributed by atoms with van der Waals surface area (Å²) in [5.41, 5.74) is 2.16. The molecule has 0 aliphatic carbocycles. The van der Waals surface area contributed by atoms with E-state index in [4.69, 9.17) is 4.74 Å². The van der Waals surface area contributed by atoms with E-state index in [0.29, 0.717) is 37.4 Å². The molecule has 1 aliphatic heterocycles. The number of nitrogens with zero attached hydrogens (tertiary/aromatic N) is 1. The van der Waals surface area contributed by atoms with Crippen LogP contribution in [0.2, 0.25) is 0 Å². The van der Waals surface area contributed by atoms with E-state index >= 15 is 0 Å². The van der Waals surface area contributed by atoms with Gasteiger partial charge in [-0.3, -0.25) is 9.10 Å². The molecule has 1 aromatic carbocycles. The van der Waals surface area contributed by atoms with Gasteiger partial charge < -0.3 is 10.1 Å². The van der Waals surface area contributed by atoms with Crippen molar-refractivity contribution in [3.8, 4) is 0 Å². The molecular formula is C17H26N2O4S. The summed E-state index contributed by atoms with van der Waals surface area (Å²) in [6, 6.07) is 5.11. The maximum Gasteiger partial charge on any atom is 0.251 e. The molecule has 0 aromatic heterocycles. The lowest BCUT2D eigenvalue weighted by Gasteiger charge is -2.23. The highest BCUT2D eigenvalue weighted by Crippen LogP contribution is 2.35. The third-order valence-corrected chi connectivity index (χ3v) is 6.00. The minimum atomic E-state index is -3.30. The topological polar surface area (TPSA) is 75.7 Å². The van der Waals surface area contributed by atoms with Crippen molar-refractivity contribution in [2.24, 2.45) is 0 Å². The first-order valence-electron chi connectivity index (χ1n) is 8.41. The van der Waals surface area contributed by atoms with Crippen LogP contribution in [-0.2, 0) is 21.2 Å². The summed E-state index contributed by atoms with van der Waals surface area (Å²) < 4.78 is 31.2. The van der Waals surface area contributed by atoms with Gasteiger partial charge in [-0.15, -0.1) is 0 Å². The third-order valence-electron chi connectivity index (χ3n) is 4.11. The fraction of sp³-hybridized carbons (Fsp3) is 0.588. The maximum absolute atomic E-state index is 12.3. The second-order valence-corrected chi connectivity index (χ2v) is 8.03. The fourth-order valence-electron chi connectivity index (χ4n) is 2.93. The van der Waals surface area contributed by atoms with Gasteiger partial charge in [-0.25, -0.2) is 8.42 Å². The van der Waals surface area contributed by atoms with Crippen molar-refractivity contribution in [3.63, 3.8) is 0 Å². The van der Waals surface area contributed by atoms with Crippen LogP contribution in [0.5, 0.6) is 0 Å². The number of carbonyl (C=O) groups is 1. The van der Waals surface area contributed by atoms with E-state index in [2.05, 4.69) is 5.32 Å². The molecule has 1 aliphatic rings. The van der Waals surface area contributed by atoms with E-state index < -0.39 is 10.0 Å². The molecule has 1 aromatic rings. The summed E-state index contributed by atoms with van der Waals surface area (Å²) in [5, 5.41) is 2.86. The lowest BCUT2D eigenvalue weighted by molar-refractivity contribution is 0.0944. The number of ether oxygens (including phenoxy) is 1. The molecule has 24 heavy (non-hydrogen) atoms. The Balaban J connectivity index is 2.07. The molecule has 1 amide bonds. The number of nitrogens with one attached hydrogen (secondary N) is 1. The number of amides is 1. The number of anilines is 1. The highest BCUT2D eigenvalue weighted by molar-refractivity contribution is 7.92. The first-order chi connectivity index (χ1) is 11.4. The van der Waals surface area contributed by atoms with Crippen LogP contribution in [0.25, 0.3) is 0 Å². The molecule has 0 spiro atoms. The Hall–Kier alpha value is -1.60. The fourth-order valence-corrected chi connectivity index (χ4v) is 4.31. The molecule has 2 rings (SSSR count). The van der Waals surface area contributed by atoms with E-state index in [1.165, 1.54) is 4.31 Å². The highest BCUT2D eigenvalue weighted by atomic mass is 32.2.